The first-order valence-electron chi connectivity index (χ1n) is 4.20. The Hall–Kier alpha value is -1.08. The minimum atomic E-state index is -1.32. The molecular formula is C7H13BNO5. The van der Waals surface area contributed by atoms with E-state index in [-0.39, 0.29) is 26.3 Å². The van der Waals surface area contributed by atoms with Gasteiger partial charge in [0, 0.05) is 19.7 Å². The topological polar surface area (TPSA) is 98.1 Å². The molecule has 0 atom stereocenters. The van der Waals surface area contributed by atoms with Crippen molar-refractivity contribution in [3.63, 3.8) is 0 Å². The summed E-state index contributed by atoms with van der Waals surface area (Å²) in [5.41, 5.74) is 0. The van der Waals surface area contributed by atoms with Gasteiger partial charge >= 0.3 is 7.28 Å². The molecule has 6 nitrogen and oxygen atoms in total. The van der Waals surface area contributed by atoms with Gasteiger partial charge in [-0.25, -0.2) is 0 Å². The lowest BCUT2D eigenvalue weighted by atomic mass is 9.77. The van der Waals surface area contributed by atoms with Crippen molar-refractivity contribution in [1.82, 2.24) is 4.90 Å². The van der Waals surface area contributed by atoms with E-state index in [2.05, 4.69) is 0 Å². The molecule has 3 N–H and O–H groups in total. The highest BCUT2D eigenvalue weighted by atomic mass is 16.4. The third-order valence-corrected chi connectivity index (χ3v) is 1.51. The summed E-state index contributed by atoms with van der Waals surface area (Å²) in [6.07, 6.45) is 0.360. The summed E-state index contributed by atoms with van der Waals surface area (Å²) < 4.78 is 0. The van der Waals surface area contributed by atoms with Crippen molar-refractivity contribution in [3.8, 4) is 0 Å². The lowest BCUT2D eigenvalue weighted by Gasteiger charge is -2.20. The van der Waals surface area contributed by atoms with Crippen LogP contribution in [0.5, 0.6) is 0 Å². The maximum absolute atomic E-state index is 11.1. The van der Waals surface area contributed by atoms with E-state index in [0.717, 1.165) is 0 Å². The van der Waals surface area contributed by atoms with Crippen LogP contribution in [0.1, 0.15) is 6.42 Å². The molecule has 0 fully saturated rings. The van der Waals surface area contributed by atoms with Gasteiger partial charge in [0.1, 0.15) is 0 Å². The van der Waals surface area contributed by atoms with E-state index < -0.39 is 11.7 Å². The Labute approximate surface area is 82.4 Å². The summed E-state index contributed by atoms with van der Waals surface area (Å²) >= 11 is 0. The molecule has 0 heterocycles. The summed E-state index contributed by atoms with van der Waals surface area (Å²) in [5, 5.41) is 25.4. The molecule has 0 saturated carbocycles. The number of amides is 1. The Morgan fingerprint density at radius 1 is 1.14 bits per heavy atom. The first-order chi connectivity index (χ1) is 6.61. The number of aliphatic hydroxyl groups is 2. The van der Waals surface area contributed by atoms with Crippen molar-refractivity contribution < 1.29 is 24.9 Å². The van der Waals surface area contributed by atoms with Crippen LogP contribution in [0.4, 0.5) is 9.59 Å². The van der Waals surface area contributed by atoms with Gasteiger partial charge in [-0.3, -0.25) is 9.59 Å². The summed E-state index contributed by atoms with van der Waals surface area (Å²) in [6, 6.07) is 0. The van der Waals surface area contributed by atoms with Gasteiger partial charge in [0.15, 0.2) is 5.81 Å². The number of carbonyl (C=O) groups excluding carboxylic acids is 1. The standard InChI is InChI=1S/C7H13BNO5/c10-4-1-2-9(3-5-11)6(12)8-7(13)14/h10-11H,1-5H2,(H,13,14). The van der Waals surface area contributed by atoms with Crippen LogP contribution < -0.4 is 0 Å². The van der Waals surface area contributed by atoms with Gasteiger partial charge in [0.05, 0.1) is 6.61 Å². The molecule has 0 aromatic heterocycles. The van der Waals surface area contributed by atoms with Crippen LogP contribution in [0.2, 0.25) is 0 Å². The Bertz CT molecular complexity index is 199. The molecule has 7 heteroatoms. The average Bonchev–Trinajstić information content (AvgIpc) is 2.10. The van der Waals surface area contributed by atoms with Crippen molar-refractivity contribution in [2.45, 2.75) is 6.42 Å². The third-order valence-electron chi connectivity index (χ3n) is 1.51. The lowest BCUT2D eigenvalue weighted by Crippen LogP contribution is -2.39. The van der Waals surface area contributed by atoms with Gasteiger partial charge < -0.3 is 20.2 Å². The summed E-state index contributed by atoms with van der Waals surface area (Å²) in [4.78, 5) is 22.5. The smallest absolute Gasteiger partial charge is 0.377 e. The maximum atomic E-state index is 11.1. The van der Waals surface area contributed by atoms with Crippen LogP contribution >= 0.6 is 0 Å². The number of rotatable bonds is 7. The van der Waals surface area contributed by atoms with E-state index in [1.165, 1.54) is 4.90 Å². The van der Waals surface area contributed by atoms with Crippen molar-refractivity contribution in [2.75, 3.05) is 26.3 Å². The molecule has 0 saturated heterocycles. The first kappa shape index (κ1) is 12.9. The van der Waals surface area contributed by atoms with Gasteiger partial charge in [-0.2, -0.15) is 0 Å². The minimum absolute atomic E-state index is 0.0720. The number of nitrogens with zero attached hydrogens (tertiary/aromatic N) is 1. The zero-order valence-electron chi connectivity index (χ0n) is 7.72. The molecule has 1 radical (unpaired) electrons. The van der Waals surface area contributed by atoms with Gasteiger partial charge in [-0.05, 0) is 6.42 Å². The molecule has 0 aliphatic rings. The van der Waals surface area contributed by atoms with E-state index in [1.54, 1.807) is 0 Å². The Kier molecular flexibility index (Phi) is 6.78. The molecule has 0 aliphatic heterocycles. The molecule has 1 amide bonds. The Morgan fingerprint density at radius 3 is 2.21 bits per heavy atom. The largest absolute Gasteiger partial charge is 0.489 e. The molecule has 79 valence electrons. The summed E-state index contributed by atoms with van der Waals surface area (Å²) in [5.74, 6) is -1.98. The normalized spacial score (nSPS) is 9.57. The first-order valence-corrected chi connectivity index (χ1v) is 4.20. The van der Waals surface area contributed by atoms with Crippen LogP contribution in [-0.4, -0.2) is 65.5 Å². The highest BCUT2D eigenvalue weighted by Gasteiger charge is 2.18. The van der Waals surface area contributed by atoms with Crippen molar-refractivity contribution in [3.05, 3.63) is 0 Å². The molecule has 0 unspecified atom stereocenters. The summed E-state index contributed by atoms with van der Waals surface area (Å²) in [6.45, 7) is -0.00477. The highest BCUT2D eigenvalue weighted by molar-refractivity contribution is 6.95. The molecule has 0 aromatic rings. The van der Waals surface area contributed by atoms with E-state index in [1.807, 2.05) is 0 Å². The second kappa shape index (κ2) is 7.34. The predicted octanol–water partition coefficient (Wildman–Crippen LogP) is -0.835. The number of hydrogen-bond donors (Lipinski definition) is 3. The molecule has 0 spiro atoms. The molecule has 0 rings (SSSR count). The molecular weight excluding hydrogens is 189 g/mol. The maximum Gasteiger partial charge on any atom is 0.377 e. The zero-order chi connectivity index (χ0) is 11.0. The minimum Gasteiger partial charge on any atom is -0.489 e. The monoisotopic (exact) mass is 202 g/mol. The van der Waals surface area contributed by atoms with E-state index in [4.69, 9.17) is 15.3 Å². The number of carbonyl (C=O) groups is 2. The zero-order valence-corrected chi connectivity index (χ0v) is 7.72. The van der Waals surface area contributed by atoms with Gasteiger partial charge in [-0.15, -0.1) is 0 Å². The summed E-state index contributed by atoms with van der Waals surface area (Å²) in [7, 11) is 0.535. The van der Waals surface area contributed by atoms with Crippen molar-refractivity contribution >= 4 is 19.0 Å². The molecule has 0 aromatic carbocycles. The van der Waals surface area contributed by atoms with Gasteiger partial charge in [0.2, 0.25) is 0 Å². The number of aliphatic hydroxyl groups excluding tert-OH is 2. The highest BCUT2D eigenvalue weighted by Crippen LogP contribution is 1.93. The number of hydrogen-bond acceptors (Lipinski definition) is 4. The molecule has 0 aliphatic carbocycles. The van der Waals surface area contributed by atoms with Crippen molar-refractivity contribution in [2.24, 2.45) is 0 Å². The van der Waals surface area contributed by atoms with Crippen LogP contribution in [0, 0.1) is 0 Å². The van der Waals surface area contributed by atoms with Crippen LogP contribution in [0.15, 0.2) is 0 Å². The quantitative estimate of drug-likeness (QED) is 0.467. The second-order valence-corrected chi connectivity index (χ2v) is 2.61. The fourth-order valence-electron chi connectivity index (χ4n) is 0.911. The Morgan fingerprint density at radius 2 is 1.79 bits per heavy atom. The fraction of sp³-hybridized carbons (Fsp3) is 0.714. The predicted molar refractivity (Wildman–Crippen MR) is 49.5 cm³/mol. The van der Waals surface area contributed by atoms with Crippen LogP contribution in [0.25, 0.3) is 0 Å². The van der Waals surface area contributed by atoms with E-state index >= 15 is 0 Å². The Balaban J connectivity index is 4.03. The van der Waals surface area contributed by atoms with Gasteiger partial charge in [0.25, 0.3) is 5.87 Å². The van der Waals surface area contributed by atoms with Crippen molar-refractivity contribution in [1.29, 1.82) is 0 Å². The van der Waals surface area contributed by atoms with Crippen LogP contribution in [-0.2, 0) is 0 Å². The third kappa shape index (κ3) is 5.55. The average molecular weight is 202 g/mol. The fourth-order valence-corrected chi connectivity index (χ4v) is 0.911. The van der Waals surface area contributed by atoms with Gasteiger partial charge in [-0.1, -0.05) is 0 Å². The SMILES string of the molecule is O=C(O)[B]C(=O)N(CCO)CCCO. The van der Waals surface area contributed by atoms with E-state index in [9.17, 15) is 9.59 Å². The number of carboxylic acid groups (broad SMARTS) is 1. The van der Waals surface area contributed by atoms with E-state index in [0.29, 0.717) is 13.7 Å². The molecule has 0 bridgehead atoms. The lowest BCUT2D eigenvalue weighted by molar-refractivity contribution is 0.185. The van der Waals surface area contributed by atoms with Crippen LogP contribution in [0.3, 0.4) is 0 Å². The molecule has 14 heavy (non-hydrogen) atoms. The second-order valence-electron chi connectivity index (χ2n) is 2.61.